The van der Waals surface area contributed by atoms with Crippen LogP contribution >= 0.6 is 0 Å². The SMILES string of the molecule is O=c1[nH]c(=O)c2c(O)c3c(=O)[nH]c(=O)c3c(O)c12. The van der Waals surface area contributed by atoms with Gasteiger partial charge in [-0.05, 0) is 0 Å². The summed E-state index contributed by atoms with van der Waals surface area (Å²) in [6, 6.07) is 0. The molecule has 2 heterocycles. The zero-order valence-electron chi connectivity index (χ0n) is 8.53. The lowest BCUT2D eigenvalue weighted by Gasteiger charge is -1.98. The predicted molar refractivity (Wildman–Crippen MR) is 60.9 cm³/mol. The van der Waals surface area contributed by atoms with Crippen LogP contribution in [0.4, 0.5) is 0 Å². The van der Waals surface area contributed by atoms with Crippen molar-refractivity contribution in [1.82, 2.24) is 9.97 Å². The van der Waals surface area contributed by atoms with Crippen molar-refractivity contribution in [3.8, 4) is 11.5 Å². The number of aromatic hydroxyl groups is 2. The molecule has 90 valence electrons. The number of aromatic nitrogens is 2. The summed E-state index contributed by atoms with van der Waals surface area (Å²) in [6.45, 7) is 0. The van der Waals surface area contributed by atoms with Crippen molar-refractivity contribution in [2.75, 3.05) is 0 Å². The average molecular weight is 248 g/mol. The van der Waals surface area contributed by atoms with E-state index in [1.54, 1.807) is 0 Å². The average Bonchev–Trinajstić information content (AvgIpc) is 2.73. The minimum atomic E-state index is -0.933. The molecule has 4 N–H and O–H groups in total. The van der Waals surface area contributed by atoms with Crippen molar-refractivity contribution < 1.29 is 10.2 Å². The Labute approximate surface area is 95.4 Å². The number of phenolic OH excluding ortho intramolecular Hbond substituents is 2. The summed E-state index contributed by atoms with van der Waals surface area (Å²) in [4.78, 5) is 49.4. The van der Waals surface area contributed by atoms with Gasteiger partial charge in [-0.1, -0.05) is 0 Å². The molecule has 0 spiro atoms. The molecule has 0 aliphatic rings. The first-order valence-corrected chi connectivity index (χ1v) is 4.76. The van der Waals surface area contributed by atoms with Crippen LogP contribution in [0.1, 0.15) is 0 Å². The van der Waals surface area contributed by atoms with Gasteiger partial charge in [0.1, 0.15) is 11.5 Å². The Kier molecular flexibility index (Phi) is 1.63. The molecule has 8 nitrogen and oxygen atoms in total. The second kappa shape index (κ2) is 2.86. The van der Waals surface area contributed by atoms with Crippen LogP contribution in [0.25, 0.3) is 21.5 Å². The van der Waals surface area contributed by atoms with E-state index in [-0.39, 0.29) is 0 Å². The van der Waals surface area contributed by atoms with Crippen LogP contribution in [0, 0.1) is 0 Å². The third-order valence-electron chi connectivity index (χ3n) is 2.81. The first-order valence-electron chi connectivity index (χ1n) is 4.76. The van der Waals surface area contributed by atoms with Crippen molar-refractivity contribution >= 4 is 21.5 Å². The molecular weight excluding hydrogens is 244 g/mol. The summed E-state index contributed by atoms with van der Waals surface area (Å²) in [7, 11) is 0. The first kappa shape index (κ1) is 10.3. The van der Waals surface area contributed by atoms with E-state index in [9.17, 15) is 29.4 Å². The minimum Gasteiger partial charge on any atom is -0.506 e. The number of rotatable bonds is 0. The molecule has 0 saturated carbocycles. The molecule has 0 fully saturated rings. The number of hydrogen-bond donors (Lipinski definition) is 4. The Balaban J connectivity index is 2.94. The molecule has 8 heteroatoms. The number of phenols is 2. The van der Waals surface area contributed by atoms with Gasteiger partial charge in [0.25, 0.3) is 22.2 Å². The topological polar surface area (TPSA) is 140 Å². The standard InChI is InChI=1S/C10H4N2O6/c13-5-1-2(8(16)11-7(1)15)6(14)4-3(5)9(17)12-10(4)18/h13-14H,(H,11,15,16)(H,12,17,18). The Bertz CT molecular complexity index is 857. The summed E-state index contributed by atoms with van der Waals surface area (Å²) in [5.74, 6) is -1.57. The highest BCUT2D eigenvalue weighted by molar-refractivity contribution is 6.09. The number of hydrogen-bond acceptors (Lipinski definition) is 6. The zero-order chi connectivity index (χ0) is 13.2. The maximum Gasteiger partial charge on any atom is 0.262 e. The van der Waals surface area contributed by atoms with E-state index in [0.29, 0.717) is 0 Å². The Morgan fingerprint density at radius 2 is 0.778 bits per heavy atom. The maximum absolute atomic E-state index is 11.4. The third-order valence-corrected chi connectivity index (χ3v) is 2.81. The largest absolute Gasteiger partial charge is 0.506 e. The van der Waals surface area contributed by atoms with E-state index in [0.717, 1.165) is 0 Å². The van der Waals surface area contributed by atoms with Crippen molar-refractivity contribution in [3.63, 3.8) is 0 Å². The van der Waals surface area contributed by atoms with Crippen molar-refractivity contribution in [1.29, 1.82) is 0 Å². The number of H-pyrrole nitrogens is 2. The van der Waals surface area contributed by atoms with Gasteiger partial charge in [0.05, 0.1) is 21.5 Å². The molecule has 3 rings (SSSR count). The highest BCUT2D eigenvalue weighted by Crippen LogP contribution is 2.34. The molecule has 0 aliphatic carbocycles. The fourth-order valence-corrected chi connectivity index (χ4v) is 2.06. The number of aromatic amines is 2. The van der Waals surface area contributed by atoms with Gasteiger partial charge in [0.15, 0.2) is 0 Å². The summed E-state index contributed by atoms with van der Waals surface area (Å²) in [5, 5.41) is 17.6. The van der Waals surface area contributed by atoms with Gasteiger partial charge < -0.3 is 10.2 Å². The number of fused-ring (bicyclic) bond motifs is 2. The lowest BCUT2D eigenvalue weighted by Crippen LogP contribution is -2.07. The van der Waals surface area contributed by atoms with E-state index < -0.39 is 55.3 Å². The van der Waals surface area contributed by atoms with Gasteiger partial charge in [0, 0.05) is 0 Å². The molecule has 1 aromatic carbocycles. The lowest BCUT2D eigenvalue weighted by molar-refractivity contribution is 0.478. The Hall–Kier alpha value is -2.90. The lowest BCUT2D eigenvalue weighted by atomic mass is 10.1. The quantitative estimate of drug-likeness (QED) is 0.352. The summed E-state index contributed by atoms with van der Waals surface area (Å²) < 4.78 is 0. The van der Waals surface area contributed by atoms with Crippen LogP contribution in [0.2, 0.25) is 0 Å². The van der Waals surface area contributed by atoms with E-state index in [1.807, 2.05) is 9.97 Å². The Morgan fingerprint density at radius 3 is 1.00 bits per heavy atom. The molecule has 0 unspecified atom stereocenters. The van der Waals surface area contributed by atoms with Crippen LogP contribution in [0.5, 0.6) is 11.5 Å². The smallest absolute Gasteiger partial charge is 0.262 e. The monoisotopic (exact) mass is 248 g/mol. The van der Waals surface area contributed by atoms with Gasteiger partial charge in [-0.2, -0.15) is 0 Å². The van der Waals surface area contributed by atoms with Gasteiger partial charge in [-0.25, -0.2) is 0 Å². The summed E-state index contributed by atoms with van der Waals surface area (Å²) in [6.07, 6.45) is 0. The van der Waals surface area contributed by atoms with E-state index in [2.05, 4.69) is 0 Å². The molecule has 0 atom stereocenters. The predicted octanol–water partition coefficient (Wildman–Crippen LogP) is -1.62. The van der Waals surface area contributed by atoms with Gasteiger partial charge in [-0.15, -0.1) is 0 Å². The zero-order valence-corrected chi connectivity index (χ0v) is 8.53. The fourth-order valence-electron chi connectivity index (χ4n) is 2.06. The molecule has 0 aliphatic heterocycles. The summed E-state index contributed by atoms with van der Waals surface area (Å²) in [5.41, 5.74) is -3.73. The van der Waals surface area contributed by atoms with Crippen LogP contribution < -0.4 is 22.2 Å². The molecule has 3 aromatic rings. The van der Waals surface area contributed by atoms with Crippen molar-refractivity contribution in [2.24, 2.45) is 0 Å². The molecule has 0 radical (unpaired) electrons. The van der Waals surface area contributed by atoms with Crippen LogP contribution in [-0.4, -0.2) is 20.2 Å². The highest BCUT2D eigenvalue weighted by atomic mass is 16.3. The highest BCUT2D eigenvalue weighted by Gasteiger charge is 2.24. The van der Waals surface area contributed by atoms with E-state index in [1.165, 1.54) is 0 Å². The van der Waals surface area contributed by atoms with Crippen LogP contribution in [0.15, 0.2) is 19.2 Å². The molecule has 0 amide bonds. The fraction of sp³-hybridized carbons (Fsp3) is 0. The normalized spacial score (nSPS) is 11.6. The number of benzene rings is 1. The van der Waals surface area contributed by atoms with Gasteiger partial charge in [0.2, 0.25) is 0 Å². The Morgan fingerprint density at radius 1 is 0.556 bits per heavy atom. The van der Waals surface area contributed by atoms with Crippen LogP contribution in [-0.2, 0) is 0 Å². The number of nitrogens with one attached hydrogen (secondary N) is 2. The molecule has 0 saturated heterocycles. The van der Waals surface area contributed by atoms with Crippen LogP contribution in [0.3, 0.4) is 0 Å². The van der Waals surface area contributed by atoms with E-state index >= 15 is 0 Å². The van der Waals surface area contributed by atoms with Gasteiger partial charge in [-0.3, -0.25) is 29.1 Å². The van der Waals surface area contributed by atoms with Crippen molar-refractivity contribution in [2.45, 2.75) is 0 Å². The molecule has 2 aromatic heterocycles. The minimum absolute atomic E-state index is 0.499. The third kappa shape index (κ3) is 0.943. The van der Waals surface area contributed by atoms with Crippen molar-refractivity contribution in [3.05, 3.63) is 41.4 Å². The molecule has 0 bridgehead atoms. The second-order valence-electron chi connectivity index (χ2n) is 3.76. The summed E-state index contributed by atoms with van der Waals surface area (Å²) >= 11 is 0. The van der Waals surface area contributed by atoms with Gasteiger partial charge >= 0.3 is 0 Å². The maximum atomic E-state index is 11.4. The molecular formula is C10H4N2O6. The van der Waals surface area contributed by atoms with E-state index in [4.69, 9.17) is 0 Å². The first-order chi connectivity index (χ1) is 8.43. The second-order valence-corrected chi connectivity index (χ2v) is 3.76. The molecule has 18 heavy (non-hydrogen) atoms.